The van der Waals surface area contributed by atoms with E-state index in [1.54, 1.807) is 17.9 Å². The van der Waals surface area contributed by atoms with E-state index in [1.807, 2.05) is 6.92 Å². The van der Waals surface area contributed by atoms with E-state index >= 15 is 0 Å². The number of halogens is 3. The molecule has 1 N–H and O–H groups in total. The van der Waals surface area contributed by atoms with Gasteiger partial charge in [0.1, 0.15) is 24.2 Å². The summed E-state index contributed by atoms with van der Waals surface area (Å²) in [6, 6.07) is 3.73. The number of rotatable bonds is 5. The maximum absolute atomic E-state index is 13.6. The van der Waals surface area contributed by atoms with E-state index in [-0.39, 0.29) is 43.3 Å². The van der Waals surface area contributed by atoms with Gasteiger partial charge in [0.15, 0.2) is 0 Å². The smallest absolute Gasteiger partial charge is 0.322 e. The molecule has 2 aliphatic heterocycles. The highest BCUT2D eigenvalue weighted by Crippen LogP contribution is 2.29. The number of alkyl halides is 2. The van der Waals surface area contributed by atoms with Crippen LogP contribution in [0.4, 0.5) is 23.7 Å². The number of anilines is 1. The monoisotopic (exact) mass is 481 g/mol. The van der Waals surface area contributed by atoms with E-state index in [1.165, 1.54) is 23.9 Å². The quantitative estimate of drug-likeness (QED) is 0.710. The second kappa shape index (κ2) is 9.63. The minimum absolute atomic E-state index is 0.131. The molecule has 0 radical (unpaired) electrons. The number of urea groups is 1. The summed E-state index contributed by atoms with van der Waals surface area (Å²) < 4.78 is 44.9. The molecule has 4 rings (SSSR count). The Morgan fingerprint density at radius 2 is 2.15 bits per heavy atom. The molecule has 0 saturated carbocycles. The van der Waals surface area contributed by atoms with Crippen LogP contribution in [0.3, 0.4) is 0 Å². The number of carbonyl (C=O) groups is 2. The maximum Gasteiger partial charge on any atom is 0.322 e. The van der Waals surface area contributed by atoms with E-state index in [4.69, 9.17) is 9.57 Å². The van der Waals surface area contributed by atoms with Gasteiger partial charge in [-0.15, -0.1) is 0 Å². The van der Waals surface area contributed by atoms with Gasteiger partial charge in [-0.05, 0) is 37.6 Å². The molecule has 3 amide bonds. The van der Waals surface area contributed by atoms with Crippen molar-refractivity contribution in [3.8, 4) is 0 Å². The van der Waals surface area contributed by atoms with Crippen LogP contribution in [0.5, 0.6) is 0 Å². The van der Waals surface area contributed by atoms with Crippen LogP contribution in [0.1, 0.15) is 34.2 Å². The lowest BCUT2D eigenvalue weighted by atomic mass is 9.99. The van der Waals surface area contributed by atoms with Crippen LogP contribution in [-0.2, 0) is 29.1 Å². The Hall–Kier alpha value is -3.12. The molecule has 9 nitrogen and oxygen atoms in total. The highest BCUT2D eigenvalue weighted by Gasteiger charge is 2.37. The van der Waals surface area contributed by atoms with Gasteiger partial charge in [-0.3, -0.25) is 14.3 Å². The summed E-state index contributed by atoms with van der Waals surface area (Å²) in [4.78, 5) is 33.2. The minimum Gasteiger partial charge on any atom is -0.373 e. The molecule has 184 valence electrons. The summed E-state index contributed by atoms with van der Waals surface area (Å²) in [5.41, 5.74) is 2.47. The summed E-state index contributed by atoms with van der Waals surface area (Å²) >= 11 is 0. The van der Waals surface area contributed by atoms with Gasteiger partial charge in [-0.1, -0.05) is 0 Å². The summed E-state index contributed by atoms with van der Waals surface area (Å²) in [5.74, 6) is -0.812. The number of hydroxylamine groups is 2. The zero-order valence-corrected chi connectivity index (χ0v) is 19.1. The third-order valence-electron chi connectivity index (χ3n) is 5.87. The van der Waals surface area contributed by atoms with Crippen LogP contribution in [0.15, 0.2) is 18.2 Å². The van der Waals surface area contributed by atoms with Gasteiger partial charge >= 0.3 is 6.03 Å². The molecule has 0 spiro atoms. The molecule has 0 aliphatic carbocycles. The molecule has 34 heavy (non-hydrogen) atoms. The van der Waals surface area contributed by atoms with E-state index in [0.717, 1.165) is 5.06 Å². The van der Waals surface area contributed by atoms with Crippen molar-refractivity contribution in [2.45, 2.75) is 51.9 Å². The van der Waals surface area contributed by atoms with Crippen molar-refractivity contribution in [1.82, 2.24) is 19.7 Å². The van der Waals surface area contributed by atoms with Gasteiger partial charge in [-0.2, -0.15) is 5.10 Å². The lowest BCUT2D eigenvalue weighted by Gasteiger charge is -2.33. The Morgan fingerprint density at radius 3 is 2.85 bits per heavy atom. The number of nitrogens with zero attached hydrogens (tertiary/aromatic N) is 4. The predicted octanol–water partition coefficient (Wildman–Crippen LogP) is 2.98. The van der Waals surface area contributed by atoms with Crippen LogP contribution >= 0.6 is 0 Å². The van der Waals surface area contributed by atoms with Crippen molar-refractivity contribution >= 4 is 17.6 Å². The van der Waals surface area contributed by atoms with E-state index in [0.29, 0.717) is 28.9 Å². The third-order valence-corrected chi connectivity index (χ3v) is 5.87. The molecule has 2 aliphatic rings. The molecule has 0 fully saturated rings. The molecule has 3 heterocycles. The Kier molecular flexibility index (Phi) is 6.80. The second-order valence-corrected chi connectivity index (χ2v) is 8.49. The SMILES string of the molecule is Cc1cc(NC(=O)N2Cc3c(nn4c3C(=O)N(C)OC(COCC(F)F)C4)CC2C)ccc1F. The third kappa shape index (κ3) is 4.87. The lowest BCUT2D eigenvalue weighted by molar-refractivity contribution is -0.169. The summed E-state index contributed by atoms with van der Waals surface area (Å²) in [5, 5.41) is 8.39. The fourth-order valence-electron chi connectivity index (χ4n) is 4.17. The lowest BCUT2D eigenvalue weighted by Crippen LogP contribution is -2.45. The van der Waals surface area contributed by atoms with Gasteiger partial charge in [0.25, 0.3) is 12.3 Å². The number of amides is 3. The average molecular weight is 481 g/mol. The van der Waals surface area contributed by atoms with E-state index < -0.39 is 25.0 Å². The van der Waals surface area contributed by atoms with Crippen molar-refractivity contribution in [3.05, 3.63) is 46.5 Å². The number of carbonyl (C=O) groups excluding carboxylic acids is 2. The predicted molar refractivity (Wildman–Crippen MR) is 115 cm³/mol. The van der Waals surface area contributed by atoms with Crippen molar-refractivity contribution in [2.24, 2.45) is 0 Å². The normalized spacial score (nSPS) is 20.3. The maximum atomic E-state index is 13.6. The van der Waals surface area contributed by atoms with Gasteiger partial charge in [0.05, 0.1) is 25.4 Å². The van der Waals surface area contributed by atoms with Crippen molar-refractivity contribution in [3.63, 3.8) is 0 Å². The average Bonchev–Trinajstić information content (AvgIpc) is 3.05. The Morgan fingerprint density at radius 1 is 1.38 bits per heavy atom. The van der Waals surface area contributed by atoms with Crippen LogP contribution < -0.4 is 5.32 Å². The Bertz CT molecular complexity index is 1090. The number of nitrogens with one attached hydrogen (secondary N) is 1. The van der Waals surface area contributed by atoms with Crippen molar-refractivity contribution in [1.29, 1.82) is 0 Å². The highest BCUT2D eigenvalue weighted by atomic mass is 19.3. The number of benzene rings is 1. The number of aromatic nitrogens is 2. The van der Waals surface area contributed by atoms with Crippen LogP contribution in [0.25, 0.3) is 0 Å². The molecule has 0 saturated heterocycles. The fraction of sp³-hybridized carbons (Fsp3) is 0.500. The molecule has 2 atom stereocenters. The number of ether oxygens (including phenoxy) is 1. The molecular weight excluding hydrogens is 455 g/mol. The largest absolute Gasteiger partial charge is 0.373 e. The number of hydrogen-bond donors (Lipinski definition) is 1. The first-order valence-corrected chi connectivity index (χ1v) is 10.9. The minimum atomic E-state index is -2.60. The van der Waals surface area contributed by atoms with Gasteiger partial charge in [0.2, 0.25) is 0 Å². The van der Waals surface area contributed by atoms with Crippen LogP contribution in [-0.4, -0.2) is 70.5 Å². The van der Waals surface area contributed by atoms with E-state index in [2.05, 4.69) is 10.4 Å². The summed E-state index contributed by atoms with van der Waals surface area (Å²) in [7, 11) is 1.43. The van der Waals surface area contributed by atoms with Crippen LogP contribution in [0.2, 0.25) is 0 Å². The zero-order valence-electron chi connectivity index (χ0n) is 19.1. The Labute approximate surface area is 194 Å². The van der Waals surface area contributed by atoms with Gasteiger partial charge in [-0.25, -0.2) is 23.0 Å². The molecular formula is C22H26F3N5O4. The number of hydrogen-bond acceptors (Lipinski definition) is 5. The zero-order chi connectivity index (χ0) is 24.6. The first kappa shape index (κ1) is 24.0. The molecule has 0 bridgehead atoms. The number of aryl methyl sites for hydroxylation is 1. The van der Waals surface area contributed by atoms with Crippen LogP contribution in [0, 0.1) is 12.7 Å². The van der Waals surface area contributed by atoms with Crippen molar-refractivity contribution in [2.75, 3.05) is 25.6 Å². The van der Waals surface area contributed by atoms with Crippen molar-refractivity contribution < 1.29 is 32.3 Å². The summed E-state index contributed by atoms with van der Waals surface area (Å²) in [6.07, 6.45) is -2.86. The van der Waals surface area contributed by atoms with Gasteiger partial charge in [0, 0.05) is 30.8 Å². The fourth-order valence-corrected chi connectivity index (χ4v) is 4.17. The molecule has 2 unspecified atom stereocenters. The standard InChI is InChI=1S/C22H26F3N5O4/c1-12-6-14(4-5-17(12)23)26-22(32)29-9-16-18(7-13(29)2)27-30-8-15(10-33-11-19(24)25)34-28(3)21(31)20(16)30/h4-6,13,15,19H,7-11H2,1-3H3,(H,26,32). The molecule has 1 aromatic carbocycles. The summed E-state index contributed by atoms with van der Waals surface area (Å²) in [6.45, 7) is 2.91. The second-order valence-electron chi connectivity index (χ2n) is 8.49. The molecule has 12 heteroatoms. The first-order valence-electron chi connectivity index (χ1n) is 10.9. The van der Waals surface area contributed by atoms with Gasteiger partial charge < -0.3 is 15.0 Å². The highest BCUT2D eigenvalue weighted by molar-refractivity contribution is 5.94. The Balaban J connectivity index is 1.54. The molecule has 2 aromatic rings. The number of fused-ring (bicyclic) bond motifs is 3. The molecule has 1 aromatic heterocycles. The first-order chi connectivity index (χ1) is 16.1. The van der Waals surface area contributed by atoms with E-state index in [9.17, 15) is 22.8 Å². The topological polar surface area (TPSA) is 88.9 Å².